The zero-order chi connectivity index (χ0) is 11.5. The first-order chi connectivity index (χ1) is 7.20. The second-order valence-electron chi connectivity index (χ2n) is 4.64. The Hall–Kier alpha value is -0.0800. The minimum atomic E-state index is 0.684. The van der Waals surface area contributed by atoms with Crippen molar-refractivity contribution in [3.63, 3.8) is 0 Å². The van der Waals surface area contributed by atoms with Crippen molar-refractivity contribution in [1.29, 1.82) is 0 Å². The number of nitrogens with one attached hydrogen (secondary N) is 1. The molecule has 0 aliphatic rings. The molecule has 0 aromatic carbocycles. The van der Waals surface area contributed by atoms with E-state index in [-0.39, 0.29) is 0 Å². The molecule has 0 spiro atoms. The van der Waals surface area contributed by atoms with E-state index in [4.69, 9.17) is 4.74 Å². The molecule has 0 saturated carbocycles. The predicted octanol–water partition coefficient (Wildman–Crippen LogP) is 3.22. The number of hydrogen-bond acceptors (Lipinski definition) is 2. The Morgan fingerprint density at radius 1 is 1.07 bits per heavy atom. The summed E-state index contributed by atoms with van der Waals surface area (Å²) in [6.45, 7) is 11.7. The van der Waals surface area contributed by atoms with Crippen molar-refractivity contribution in [1.82, 2.24) is 5.32 Å². The maximum absolute atomic E-state index is 5.56. The molecule has 0 heterocycles. The molecule has 0 aromatic heterocycles. The summed E-state index contributed by atoms with van der Waals surface area (Å²) < 4.78 is 5.56. The topological polar surface area (TPSA) is 21.3 Å². The van der Waals surface area contributed by atoms with Gasteiger partial charge >= 0.3 is 0 Å². The Labute approximate surface area is 95.8 Å². The lowest BCUT2D eigenvalue weighted by atomic mass is 10.1. The minimum Gasteiger partial charge on any atom is -0.380 e. The molecular formula is C13H29NO. The smallest absolute Gasteiger partial charge is 0.0591 e. The van der Waals surface area contributed by atoms with Crippen molar-refractivity contribution in [3.8, 4) is 0 Å². The van der Waals surface area contributed by atoms with E-state index in [1.54, 1.807) is 0 Å². The molecule has 0 bridgehead atoms. The third-order valence-electron chi connectivity index (χ3n) is 2.65. The predicted molar refractivity (Wildman–Crippen MR) is 67.3 cm³/mol. The van der Waals surface area contributed by atoms with Crippen LogP contribution < -0.4 is 5.32 Å². The van der Waals surface area contributed by atoms with Gasteiger partial charge in [-0.05, 0) is 25.2 Å². The van der Waals surface area contributed by atoms with Gasteiger partial charge in [0.1, 0.15) is 0 Å². The zero-order valence-electron chi connectivity index (χ0n) is 11.0. The van der Waals surface area contributed by atoms with Gasteiger partial charge in [0.2, 0.25) is 0 Å². The molecule has 0 saturated heterocycles. The molecule has 2 nitrogen and oxygen atoms in total. The van der Waals surface area contributed by atoms with Gasteiger partial charge in [-0.1, -0.05) is 34.1 Å². The van der Waals surface area contributed by atoms with Crippen LogP contribution in [0.2, 0.25) is 0 Å². The second-order valence-corrected chi connectivity index (χ2v) is 4.64. The molecule has 1 N–H and O–H groups in total. The molecule has 0 radical (unpaired) electrons. The monoisotopic (exact) mass is 215 g/mol. The summed E-state index contributed by atoms with van der Waals surface area (Å²) in [6.07, 6.45) is 4.94. The number of ether oxygens (including phenoxy) is 1. The van der Waals surface area contributed by atoms with E-state index in [9.17, 15) is 0 Å². The summed E-state index contributed by atoms with van der Waals surface area (Å²) in [5.74, 6) is 0.751. The van der Waals surface area contributed by atoms with Gasteiger partial charge in [0.25, 0.3) is 0 Å². The van der Waals surface area contributed by atoms with E-state index in [2.05, 4.69) is 33.0 Å². The molecule has 0 fully saturated rings. The third-order valence-corrected chi connectivity index (χ3v) is 2.65. The van der Waals surface area contributed by atoms with E-state index in [1.807, 2.05) is 0 Å². The second kappa shape index (κ2) is 10.4. The molecule has 1 atom stereocenters. The Kier molecular flexibility index (Phi) is 10.4. The van der Waals surface area contributed by atoms with Crippen LogP contribution in [0.5, 0.6) is 0 Å². The van der Waals surface area contributed by atoms with Gasteiger partial charge in [-0.15, -0.1) is 0 Å². The van der Waals surface area contributed by atoms with E-state index >= 15 is 0 Å². The Morgan fingerprint density at radius 2 is 1.80 bits per heavy atom. The Balaban J connectivity index is 3.21. The van der Waals surface area contributed by atoms with Crippen LogP contribution >= 0.6 is 0 Å². The van der Waals surface area contributed by atoms with Crippen molar-refractivity contribution < 1.29 is 4.74 Å². The molecule has 92 valence electrons. The molecule has 0 aliphatic carbocycles. The number of rotatable bonds is 10. The summed E-state index contributed by atoms with van der Waals surface area (Å²) >= 11 is 0. The molecule has 0 rings (SSSR count). The first kappa shape index (κ1) is 14.9. The molecule has 0 aliphatic heterocycles. The van der Waals surface area contributed by atoms with E-state index in [0.717, 1.165) is 25.7 Å². The minimum absolute atomic E-state index is 0.684. The summed E-state index contributed by atoms with van der Waals surface area (Å²) in [5.41, 5.74) is 0. The van der Waals surface area contributed by atoms with Crippen molar-refractivity contribution >= 4 is 0 Å². The zero-order valence-corrected chi connectivity index (χ0v) is 11.0. The standard InChI is InChI=1S/C13H29NO/c1-5-7-13(6-2)14-9-11-15-10-8-12(3)4/h12-14H,5-11H2,1-4H3. The summed E-state index contributed by atoms with van der Waals surface area (Å²) in [5, 5.41) is 3.53. The maximum Gasteiger partial charge on any atom is 0.0591 e. The number of hydrogen-bond donors (Lipinski definition) is 1. The van der Waals surface area contributed by atoms with Gasteiger partial charge in [0.05, 0.1) is 6.61 Å². The normalized spacial score (nSPS) is 13.4. The molecule has 2 heteroatoms. The lowest BCUT2D eigenvalue weighted by Gasteiger charge is -2.16. The van der Waals surface area contributed by atoms with Crippen LogP contribution in [0.3, 0.4) is 0 Å². The quantitative estimate of drug-likeness (QED) is 0.565. The maximum atomic E-state index is 5.56. The molecule has 1 unspecified atom stereocenters. The fourth-order valence-corrected chi connectivity index (χ4v) is 1.56. The van der Waals surface area contributed by atoms with Crippen LogP contribution in [0.15, 0.2) is 0 Å². The van der Waals surface area contributed by atoms with Gasteiger partial charge in [-0.2, -0.15) is 0 Å². The largest absolute Gasteiger partial charge is 0.380 e. The highest BCUT2D eigenvalue weighted by molar-refractivity contribution is 4.63. The van der Waals surface area contributed by atoms with E-state index in [0.29, 0.717) is 6.04 Å². The van der Waals surface area contributed by atoms with E-state index < -0.39 is 0 Å². The molecule has 0 amide bonds. The van der Waals surface area contributed by atoms with Gasteiger partial charge in [0.15, 0.2) is 0 Å². The van der Waals surface area contributed by atoms with Crippen molar-refractivity contribution in [3.05, 3.63) is 0 Å². The summed E-state index contributed by atoms with van der Waals surface area (Å²) in [6, 6.07) is 0.684. The average Bonchev–Trinajstić information content (AvgIpc) is 2.21. The molecule has 0 aromatic rings. The SMILES string of the molecule is CCCC(CC)NCCOCCC(C)C. The van der Waals surface area contributed by atoms with Crippen molar-refractivity contribution in [2.75, 3.05) is 19.8 Å². The Morgan fingerprint density at radius 3 is 2.33 bits per heavy atom. The fraction of sp³-hybridized carbons (Fsp3) is 1.00. The van der Waals surface area contributed by atoms with Gasteiger partial charge in [-0.25, -0.2) is 0 Å². The van der Waals surface area contributed by atoms with Gasteiger partial charge < -0.3 is 10.1 Å². The lowest BCUT2D eigenvalue weighted by molar-refractivity contribution is 0.123. The summed E-state index contributed by atoms with van der Waals surface area (Å²) in [7, 11) is 0. The van der Waals surface area contributed by atoms with Crippen LogP contribution in [0, 0.1) is 5.92 Å². The first-order valence-electron chi connectivity index (χ1n) is 6.51. The van der Waals surface area contributed by atoms with Crippen LogP contribution in [-0.2, 0) is 4.74 Å². The molecular weight excluding hydrogens is 186 g/mol. The highest BCUT2D eigenvalue weighted by Gasteiger charge is 2.02. The van der Waals surface area contributed by atoms with Crippen LogP contribution in [0.25, 0.3) is 0 Å². The third kappa shape index (κ3) is 10.2. The Bertz CT molecular complexity index is 126. The summed E-state index contributed by atoms with van der Waals surface area (Å²) in [4.78, 5) is 0. The molecule has 15 heavy (non-hydrogen) atoms. The van der Waals surface area contributed by atoms with Crippen molar-refractivity contribution in [2.45, 2.75) is 59.4 Å². The van der Waals surface area contributed by atoms with E-state index in [1.165, 1.54) is 25.7 Å². The van der Waals surface area contributed by atoms with Crippen LogP contribution in [-0.4, -0.2) is 25.8 Å². The van der Waals surface area contributed by atoms with Gasteiger partial charge in [0, 0.05) is 19.2 Å². The van der Waals surface area contributed by atoms with Crippen LogP contribution in [0.4, 0.5) is 0 Å². The lowest BCUT2D eigenvalue weighted by Crippen LogP contribution is -2.31. The average molecular weight is 215 g/mol. The first-order valence-corrected chi connectivity index (χ1v) is 6.51. The highest BCUT2D eigenvalue weighted by Crippen LogP contribution is 2.00. The van der Waals surface area contributed by atoms with Crippen molar-refractivity contribution in [2.24, 2.45) is 5.92 Å². The fourth-order valence-electron chi connectivity index (χ4n) is 1.56. The highest BCUT2D eigenvalue weighted by atomic mass is 16.5. The van der Waals surface area contributed by atoms with Gasteiger partial charge in [-0.3, -0.25) is 0 Å². The van der Waals surface area contributed by atoms with Crippen LogP contribution in [0.1, 0.15) is 53.4 Å².